The Hall–Kier alpha value is -0.810. The molecule has 0 unspecified atom stereocenters. The molecule has 1 fully saturated rings. The average Bonchev–Trinajstić information content (AvgIpc) is 2.36. The molecular weight excluding hydrogens is 297 g/mol. The second-order valence-corrected chi connectivity index (χ2v) is 5.45. The molecule has 1 saturated heterocycles. The van der Waals surface area contributed by atoms with Crippen LogP contribution < -0.4 is 11.1 Å². The first-order valence-corrected chi connectivity index (χ1v) is 7.04. The lowest BCUT2D eigenvalue weighted by atomic mass is 10.1. The van der Waals surface area contributed by atoms with E-state index in [-0.39, 0.29) is 24.4 Å². The van der Waals surface area contributed by atoms with Crippen molar-refractivity contribution in [3.05, 3.63) is 29.3 Å². The van der Waals surface area contributed by atoms with Gasteiger partial charge >= 0.3 is 0 Å². The van der Waals surface area contributed by atoms with Crippen molar-refractivity contribution in [2.24, 2.45) is 5.73 Å². The Bertz CT molecular complexity index is 442. The van der Waals surface area contributed by atoms with E-state index >= 15 is 0 Å². The minimum absolute atomic E-state index is 0. The van der Waals surface area contributed by atoms with E-state index in [9.17, 15) is 4.79 Å². The topological polar surface area (TPSA) is 58.4 Å². The Balaban J connectivity index is 0.00000200. The molecule has 0 aromatic heterocycles. The van der Waals surface area contributed by atoms with E-state index in [0.717, 1.165) is 38.2 Å². The number of nitrogens with zero attached hydrogens (tertiary/aromatic N) is 1. The van der Waals surface area contributed by atoms with Crippen molar-refractivity contribution in [3.63, 3.8) is 0 Å². The molecule has 1 amide bonds. The van der Waals surface area contributed by atoms with Crippen LogP contribution in [-0.2, 0) is 4.79 Å². The fraction of sp³-hybridized carbons (Fsp3) is 0.500. The standard InChI is InChI=1S/C14H20ClN3O.ClH/c15-11-3-1-5-13(9-11)17-14(19)6-8-18-7-2-4-12(16)10-18;/h1,3,5,9,12H,2,4,6-8,10,16H2,(H,17,19);1H/t12-;/m1./s1. The first-order chi connectivity index (χ1) is 9.13. The summed E-state index contributed by atoms with van der Waals surface area (Å²) >= 11 is 5.87. The van der Waals surface area contributed by atoms with E-state index < -0.39 is 0 Å². The van der Waals surface area contributed by atoms with Crippen molar-refractivity contribution in [3.8, 4) is 0 Å². The zero-order chi connectivity index (χ0) is 13.7. The van der Waals surface area contributed by atoms with Crippen LogP contribution in [-0.4, -0.2) is 36.5 Å². The Morgan fingerprint density at radius 2 is 2.30 bits per heavy atom. The van der Waals surface area contributed by atoms with E-state index in [0.29, 0.717) is 11.4 Å². The van der Waals surface area contributed by atoms with Crippen LogP contribution in [0, 0.1) is 0 Å². The molecule has 1 heterocycles. The Morgan fingerprint density at radius 3 is 3.00 bits per heavy atom. The van der Waals surface area contributed by atoms with Gasteiger partial charge in [-0.2, -0.15) is 0 Å². The van der Waals surface area contributed by atoms with Gasteiger partial charge in [-0.3, -0.25) is 4.79 Å². The van der Waals surface area contributed by atoms with Crippen molar-refractivity contribution in [1.29, 1.82) is 0 Å². The van der Waals surface area contributed by atoms with E-state index in [2.05, 4.69) is 10.2 Å². The molecule has 0 radical (unpaired) electrons. The number of carbonyl (C=O) groups is 1. The monoisotopic (exact) mass is 317 g/mol. The van der Waals surface area contributed by atoms with Crippen molar-refractivity contribution in [2.75, 3.05) is 25.0 Å². The average molecular weight is 318 g/mol. The van der Waals surface area contributed by atoms with Crippen LogP contribution in [0.15, 0.2) is 24.3 Å². The van der Waals surface area contributed by atoms with Crippen LogP contribution >= 0.6 is 24.0 Å². The first kappa shape index (κ1) is 17.2. The molecule has 1 aromatic rings. The fourth-order valence-corrected chi connectivity index (χ4v) is 2.53. The van der Waals surface area contributed by atoms with Gasteiger partial charge < -0.3 is 16.0 Å². The molecule has 0 aliphatic carbocycles. The van der Waals surface area contributed by atoms with E-state index in [1.165, 1.54) is 0 Å². The summed E-state index contributed by atoms with van der Waals surface area (Å²) in [5.41, 5.74) is 6.66. The Kier molecular flexibility index (Phi) is 7.30. The van der Waals surface area contributed by atoms with Crippen LogP contribution in [0.3, 0.4) is 0 Å². The number of likely N-dealkylation sites (tertiary alicyclic amines) is 1. The number of rotatable bonds is 4. The fourth-order valence-electron chi connectivity index (χ4n) is 2.34. The number of nitrogens with one attached hydrogen (secondary N) is 1. The molecule has 0 saturated carbocycles. The predicted molar refractivity (Wildman–Crippen MR) is 85.6 cm³/mol. The van der Waals surface area contributed by atoms with Gasteiger partial charge in [0.2, 0.25) is 5.91 Å². The van der Waals surface area contributed by atoms with Gasteiger partial charge in [-0.1, -0.05) is 17.7 Å². The van der Waals surface area contributed by atoms with Crippen LogP contribution in [0.4, 0.5) is 5.69 Å². The minimum Gasteiger partial charge on any atom is -0.327 e. The highest BCUT2D eigenvalue weighted by Gasteiger charge is 2.17. The number of carbonyl (C=O) groups excluding carboxylic acids is 1. The lowest BCUT2D eigenvalue weighted by Crippen LogP contribution is -2.43. The zero-order valence-corrected chi connectivity index (χ0v) is 12.9. The molecule has 1 aromatic carbocycles. The van der Waals surface area contributed by atoms with E-state index in [1.807, 2.05) is 12.1 Å². The van der Waals surface area contributed by atoms with Gasteiger partial charge in [0.25, 0.3) is 0 Å². The van der Waals surface area contributed by atoms with Crippen LogP contribution in [0.1, 0.15) is 19.3 Å². The molecule has 112 valence electrons. The number of amides is 1. The second kappa shape index (κ2) is 8.47. The summed E-state index contributed by atoms with van der Waals surface area (Å²) in [6.07, 6.45) is 2.70. The molecule has 0 bridgehead atoms. The maximum Gasteiger partial charge on any atom is 0.225 e. The lowest BCUT2D eigenvalue weighted by molar-refractivity contribution is -0.116. The molecule has 3 N–H and O–H groups in total. The largest absolute Gasteiger partial charge is 0.327 e. The smallest absolute Gasteiger partial charge is 0.225 e. The molecule has 6 heteroatoms. The molecule has 1 atom stereocenters. The molecular formula is C14H21Cl2N3O. The number of anilines is 1. The molecule has 2 rings (SSSR count). The van der Waals surface area contributed by atoms with Gasteiger partial charge in [-0.05, 0) is 37.6 Å². The normalized spacial score (nSPS) is 19.2. The summed E-state index contributed by atoms with van der Waals surface area (Å²) in [5, 5.41) is 3.48. The first-order valence-electron chi connectivity index (χ1n) is 6.67. The lowest BCUT2D eigenvalue weighted by Gasteiger charge is -2.30. The maximum atomic E-state index is 11.8. The van der Waals surface area contributed by atoms with Crippen molar-refractivity contribution in [1.82, 2.24) is 4.90 Å². The van der Waals surface area contributed by atoms with Gasteiger partial charge in [0.15, 0.2) is 0 Å². The predicted octanol–water partition coefficient (Wildman–Crippen LogP) is 2.51. The molecule has 0 spiro atoms. The zero-order valence-electron chi connectivity index (χ0n) is 11.3. The number of benzene rings is 1. The van der Waals surface area contributed by atoms with Gasteiger partial charge in [0.1, 0.15) is 0 Å². The SMILES string of the molecule is Cl.N[C@@H]1CCCN(CCC(=O)Nc2cccc(Cl)c2)C1. The van der Waals surface area contributed by atoms with Crippen molar-refractivity contribution < 1.29 is 4.79 Å². The highest BCUT2D eigenvalue weighted by Crippen LogP contribution is 2.15. The van der Waals surface area contributed by atoms with Gasteiger partial charge in [-0.15, -0.1) is 12.4 Å². The van der Waals surface area contributed by atoms with Crippen molar-refractivity contribution in [2.45, 2.75) is 25.3 Å². The van der Waals surface area contributed by atoms with Gasteiger partial charge in [0.05, 0.1) is 0 Å². The molecule has 20 heavy (non-hydrogen) atoms. The minimum atomic E-state index is 0. The van der Waals surface area contributed by atoms with E-state index in [4.69, 9.17) is 17.3 Å². The summed E-state index contributed by atoms with van der Waals surface area (Å²) in [7, 11) is 0. The number of hydrogen-bond donors (Lipinski definition) is 2. The van der Waals surface area contributed by atoms with E-state index in [1.54, 1.807) is 12.1 Å². The summed E-state index contributed by atoms with van der Waals surface area (Å²) in [6.45, 7) is 2.70. The highest BCUT2D eigenvalue weighted by molar-refractivity contribution is 6.30. The summed E-state index contributed by atoms with van der Waals surface area (Å²) in [6, 6.07) is 7.44. The third-order valence-electron chi connectivity index (χ3n) is 3.31. The summed E-state index contributed by atoms with van der Waals surface area (Å²) in [4.78, 5) is 14.1. The maximum absolute atomic E-state index is 11.8. The third-order valence-corrected chi connectivity index (χ3v) is 3.54. The quantitative estimate of drug-likeness (QED) is 0.897. The Morgan fingerprint density at radius 1 is 1.50 bits per heavy atom. The van der Waals surface area contributed by atoms with Crippen LogP contribution in [0.5, 0.6) is 0 Å². The van der Waals surface area contributed by atoms with Gasteiger partial charge in [-0.25, -0.2) is 0 Å². The summed E-state index contributed by atoms with van der Waals surface area (Å²) < 4.78 is 0. The molecule has 4 nitrogen and oxygen atoms in total. The highest BCUT2D eigenvalue weighted by atomic mass is 35.5. The second-order valence-electron chi connectivity index (χ2n) is 5.01. The van der Waals surface area contributed by atoms with Gasteiger partial charge in [0, 0.05) is 36.3 Å². The number of nitrogens with two attached hydrogens (primary N) is 1. The van der Waals surface area contributed by atoms with Crippen LogP contribution in [0.25, 0.3) is 0 Å². The third kappa shape index (κ3) is 5.67. The number of piperidine rings is 1. The summed E-state index contributed by atoms with van der Waals surface area (Å²) in [5.74, 6) is 0.0152. The molecule has 1 aliphatic rings. The Labute approximate surface area is 131 Å². The molecule has 1 aliphatic heterocycles. The number of halogens is 2. The van der Waals surface area contributed by atoms with Crippen molar-refractivity contribution >= 4 is 35.6 Å². The van der Waals surface area contributed by atoms with Crippen LogP contribution in [0.2, 0.25) is 5.02 Å². The number of hydrogen-bond acceptors (Lipinski definition) is 3.